The second-order valence-corrected chi connectivity index (χ2v) is 11.8. The molecule has 3 heterocycles. The molecule has 2 saturated heterocycles. The van der Waals surface area contributed by atoms with Gasteiger partial charge in [0, 0.05) is 42.8 Å². The lowest BCUT2D eigenvalue weighted by molar-refractivity contribution is -0.276. The van der Waals surface area contributed by atoms with Crippen LogP contribution in [0.4, 0.5) is 10.5 Å². The minimum Gasteiger partial charge on any atom is -0.445 e. The Balaban J connectivity index is 1.17. The van der Waals surface area contributed by atoms with Crippen LogP contribution in [0.15, 0.2) is 90.2 Å². The standard InChI is InChI=1S/C35H40N4O6/c1-3-20-43-35(42)36-27-14-12-26(13-15-27)33-44-31(23(2)32(45-33)25-10-8-24(22-40)9-11-25)21-38-18-16-28(17-19-38)39-30-7-5-4-6-29(30)37-34(39)41/h3-15,23,28,31-33,40H,1,16-22H2,2H3,(H,36,42)(H,37,41)/t23-,31+,32+,33+/m1/s1. The number of aliphatic hydroxyl groups excluding tert-OH is 1. The van der Waals surface area contributed by atoms with Gasteiger partial charge in [0.25, 0.3) is 0 Å². The van der Waals surface area contributed by atoms with Gasteiger partial charge in [-0.3, -0.25) is 9.88 Å². The Kier molecular flexibility index (Phi) is 9.46. The Labute approximate surface area is 262 Å². The van der Waals surface area contributed by atoms with Gasteiger partial charge in [-0.2, -0.15) is 0 Å². The molecule has 0 unspecified atom stereocenters. The van der Waals surface area contributed by atoms with Crippen LogP contribution in [-0.4, -0.2) is 58.0 Å². The van der Waals surface area contributed by atoms with Crippen molar-refractivity contribution in [3.05, 3.63) is 113 Å². The minimum absolute atomic E-state index is 0.0160. The van der Waals surface area contributed by atoms with E-state index in [1.165, 1.54) is 6.08 Å². The first-order valence-corrected chi connectivity index (χ1v) is 15.5. The van der Waals surface area contributed by atoms with Gasteiger partial charge < -0.3 is 29.2 Å². The molecule has 2 fully saturated rings. The number of piperidine rings is 1. The molecule has 6 rings (SSSR count). The number of imidazole rings is 1. The molecular weight excluding hydrogens is 572 g/mol. The summed E-state index contributed by atoms with van der Waals surface area (Å²) in [7, 11) is 0. The predicted octanol–water partition coefficient (Wildman–Crippen LogP) is 5.68. The fourth-order valence-corrected chi connectivity index (χ4v) is 6.39. The van der Waals surface area contributed by atoms with E-state index in [0.717, 1.165) is 60.2 Å². The Morgan fingerprint density at radius 2 is 1.76 bits per heavy atom. The summed E-state index contributed by atoms with van der Waals surface area (Å²) in [6.45, 7) is 8.27. The number of nitrogens with one attached hydrogen (secondary N) is 2. The number of fused-ring (bicyclic) bond motifs is 1. The molecule has 10 heteroatoms. The average Bonchev–Trinajstić information content (AvgIpc) is 3.41. The number of amides is 1. The molecule has 0 aliphatic carbocycles. The molecule has 10 nitrogen and oxygen atoms in total. The number of benzene rings is 3. The van der Waals surface area contributed by atoms with E-state index in [9.17, 15) is 14.7 Å². The van der Waals surface area contributed by atoms with Crippen LogP contribution in [0, 0.1) is 5.92 Å². The second-order valence-electron chi connectivity index (χ2n) is 11.8. The van der Waals surface area contributed by atoms with Crippen LogP contribution in [0.25, 0.3) is 11.0 Å². The van der Waals surface area contributed by atoms with Crippen molar-refractivity contribution in [2.24, 2.45) is 5.92 Å². The van der Waals surface area contributed by atoms with Gasteiger partial charge >= 0.3 is 11.8 Å². The van der Waals surface area contributed by atoms with Gasteiger partial charge in [-0.25, -0.2) is 9.59 Å². The number of carbonyl (C=O) groups excluding carboxylic acids is 1. The third-order valence-corrected chi connectivity index (χ3v) is 8.87. The summed E-state index contributed by atoms with van der Waals surface area (Å²) < 4.78 is 20.2. The third kappa shape index (κ3) is 6.89. The van der Waals surface area contributed by atoms with Crippen molar-refractivity contribution in [3.8, 4) is 0 Å². The highest BCUT2D eigenvalue weighted by atomic mass is 16.7. The van der Waals surface area contributed by atoms with Crippen LogP contribution >= 0.6 is 0 Å². The summed E-state index contributed by atoms with van der Waals surface area (Å²) >= 11 is 0. The van der Waals surface area contributed by atoms with E-state index in [1.807, 2.05) is 65.2 Å². The Morgan fingerprint density at radius 1 is 1.04 bits per heavy atom. The predicted molar refractivity (Wildman–Crippen MR) is 172 cm³/mol. The number of aromatic amines is 1. The number of aromatic nitrogens is 2. The first-order chi connectivity index (χ1) is 21.9. The van der Waals surface area contributed by atoms with Crippen LogP contribution in [0.5, 0.6) is 0 Å². The molecule has 3 aromatic carbocycles. The maximum absolute atomic E-state index is 12.8. The first kappa shape index (κ1) is 30.8. The smallest absolute Gasteiger partial charge is 0.411 e. The van der Waals surface area contributed by atoms with Crippen molar-refractivity contribution in [3.63, 3.8) is 0 Å². The topological polar surface area (TPSA) is 118 Å². The number of H-pyrrole nitrogens is 1. The zero-order chi connectivity index (χ0) is 31.3. The van der Waals surface area contributed by atoms with E-state index in [2.05, 4.69) is 28.7 Å². The summed E-state index contributed by atoms with van der Waals surface area (Å²) in [5.41, 5.74) is 5.08. The summed E-state index contributed by atoms with van der Waals surface area (Å²) in [5.74, 6) is 0.0516. The monoisotopic (exact) mass is 612 g/mol. The number of hydrogen-bond donors (Lipinski definition) is 3. The summed E-state index contributed by atoms with van der Waals surface area (Å²) in [6.07, 6.45) is 1.75. The number of likely N-dealkylation sites (tertiary alicyclic amines) is 1. The van der Waals surface area contributed by atoms with Crippen LogP contribution in [0.3, 0.4) is 0 Å². The molecule has 45 heavy (non-hydrogen) atoms. The molecule has 4 aromatic rings. The summed E-state index contributed by atoms with van der Waals surface area (Å²) in [4.78, 5) is 30.2. The number of aliphatic hydroxyl groups is 1. The molecule has 1 aromatic heterocycles. The number of carbonyl (C=O) groups is 1. The van der Waals surface area contributed by atoms with Gasteiger partial charge in [0.2, 0.25) is 0 Å². The lowest BCUT2D eigenvalue weighted by Crippen LogP contribution is -2.47. The van der Waals surface area contributed by atoms with Gasteiger partial charge in [-0.05, 0) is 48.2 Å². The molecule has 2 aliphatic heterocycles. The van der Waals surface area contributed by atoms with Crippen LogP contribution in [0.2, 0.25) is 0 Å². The van der Waals surface area contributed by atoms with Crippen molar-refractivity contribution in [2.45, 2.75) is 50.9 Å². The van der Waals surface area contributed by atoms with Gasteiger partial charge in [0.15, 0.2) is 6.29 Å². The van der Waals surface area contributed by atoms with Crippen molar-refractivity contribution >= 4 is 22.8 Å². The maximum atomic E-state index is 12.8. The molecule has 1 amide bonds. The summed E-state index contributed by atoms with van der Waals surface area (Å²) in [6, 6.07) is 23.2. The van der Waals surface area contributed by atoms with Crippen molar-refractivity contribution < 1.29 is 24.1 Å². The molecule has 3 N–H and O–H groups in total. The number of hydrogen-bond acceptors (Lipinski definition) is 7. The molecule has 4 atom stereocenters. The fourth-order valence-electron chi connectivity index (χ4n) is 6.39. The molecule has 0 saturated carbocycles. The molecule has 0 spiro atoms. The maximum Gasteiger partial charge on any atom is 0.411 e. The highest BCUT2D eigenvalue weighted by Crippen LogP contribution is 2.42. The zero-order valence-corrected chi connectivity index (χ0v) is 25.4. The van der Waals surface area contributed by atoms with Gasteiger partial charge in [0.1, 0.15) is 6.61 Å². The van der Waals surface area contributed by atoms with E-state index < -0.39 is 12.4 Å². The second kappa shape index (κ2) is 13.8. The molecular formula is C35H40N4O6. The van der Waals surface area contributed by atoms with Gasteiger partial charge in [0.05, 0.1) is 29.8 Å². The van der Waals surface area contributed by atoms with E-state index in [1.54, 1.807) is 12.1 Å². The summed E-state index contributed by atoms with van der Waals surface area (Å²) in [5, 5.41) is 12.3. The molecule has 236 valence electrons. The quantitative estimate of drug-likeness (QED) is 0.208. The van der Waals surface area contributed by atoms with Gasteiger partial charge in [-0.15, -0.1) is 0 Å². The van der Waals surface area contributed by atoms with Gasteiger partial charge in [-0.1, -0.05) is 68.1 Å². The zero-order valence-electron chi connectivity index (χ0n) is 25.4. The van der Waals surface area contributed by atoms with E-state index in [4.69, 9.17) is 14.2 Å². The van der Waals surface area contributed by atoms with Crippen molar-refractivity contribution in [1.82, 2.24) is 14.5 Å². The third-order valence-electron chi connectivity index (χ3n) is 8.87. The molecule has 2 aliphatic rings. The average molecular weight is 613 g/mol. The largest absolute Gasteiger partial charge is 0.445 e. The molecule has 0 radical (unpaired) electrons. The van der Waals surface area contributed by atoms with E-state index >= 15 is 0 Å². The van der Waals surface area contributed by atoms with Crippen LogP contribution < -0.4 is 11.0 Å². The number of para-hydroxylation sites is 2. The van der Waals surface area contributed by atoms with Crippen molar-refractivity contribution in [2.75, 3.05) is 31.6 Å². The number of ether oxygens (including phenoxy) is 3. The van der Waals surface area contributed by atoms with Crippen LogP contribution in [0.1, 0.15) is 54.9 Å². The Hall–Kier alpha value is -4.22. The lowest BCUT2D eigenvalue weighted by atomic mass is 9.89. The SMILES string of the molecule is C=CCOC(=O)Nc1ccc([C@H]2O[C@@H](CN3CCC(n4c(=O)[nH]c5ccccc54)CC3)[C@@H](C)[C@@H](c3ccc(CO)cc3)O2)cc1. The first-order valence-electron chi connectivity index (χ1n) is 15.5. The van der Waals surface area contributed by atoms with E-state index in [-0.39, 0.29) is 43.1 Å². The van der Waals surface area contributed by atoms with Crippen LogP contribution in [-0.2, 0) is 20.8 Å². The minimum atomic E-state index is -0.613. The number of rotatable bonds is 9. The molecule has 0 bridgehead atoms. The van der Waals surface area contributed by atoms with E-state index in [0.29, 0.717) is 5.69 Å². The Morgan fingerprint density at radius 3 is 2.47 bits per heavy atom. The highest BCUT2D eigenvalue weighted by Gasteiger charge is 2.39. The highest BCUT2D eigenvalue weighted by molar-refractivity contribution is 5.84. The van der Waals surface area contributed by atoms with Crippen molar-refractivity contribution in [1.29, 1.82) is 0 Å². The Bertz CT molecular complexity index is 1660. The fraction of sp³-hybridized carbons (Fsp3) is 0.371. The number of anilines is 1. The normalized spacial score (nSPS) is 22.7. The number of nitrogens with zero attached hydrogens (tertiary/aromatic N) is 2. The lowest BCUT2D eigenvalue weighted by Gasteiger charge is -2.44.